The van der Waals surface area contributed by atoms with Crippen LogP contribution in [0.25, 0.3) is 0 Å². The summed E-state index contributed by atoms with van der Waals surface area (Å²) >= 11 is 0. The Labute approximate surface area is 138 Å². The Kier molecular flexibility index (Phi) is 5.43. The van der Waals surface area contributed by atoms with Gasteiger partial charge >= 0.3 is 0 Å². The zero-order valence-corrected chi connectivity index (χ0v) is 14.6. The molecule has 0 aromatic heterocycles. The van der Waals surface area contributed by atoms with Gasteiger partial charge < -0.3 is 10.1 Å². The van der Waals surface area contributed by atoms with Crippen LogP contribution in [0.4, 0.5) is 5.69 Å². The smallest absolute Gasteiger partial charge is 0.265 e. The lowest BCUT2D eigenvalue weighted by molar-refractivity contribution is -0.122. The zero-order valence-electron chi connectivity index (χ0n) is 14.6. The molecule has 0 aliphatic heterocycles. The first kappa shape index (κ1) is 17.1. The number of carbonyl (C=O) groups excluding carboxylic acids is 1. The number of ether oxygens (including phenoxy) is 1. The topological polar surface area (TPSA) is 38.3 Å². The van der Waals surface area contributed by atoms with Crippen molar-refractivity contribution in [3.05, 3.63) is 58.7 Å². The highest BCUT2D eigenvalue weighted by Crippen LogP contribution is 2.24. The number of nitrogens with one attached hydrogen (secondary N) is 1. The molecule has 0 radical (unpaired) electrons. The van der Waals surface area contributed by atoms with Crippen molar-refractivity contribution in [1.29, 1.82) is 0 Å². The maximum absolute atomic E-state index is 12.3. The highest BCUT2D eigenvalue weighted by atomic mass is 16.5. The third kappa shape index (κ3) is 4.35. The molecule has 0 unspecified atom stereocenters. The van der Waals surface area contributed by atoms with Gasteiger partial charge in [0.15, 0.2) is 6.10 Å². The molecule has 0 bridgehead atoms. The molecule has 0 saturated heterocycles. The van der Waals surface area contributed by atoms with Gasteiger partial charge in [-0.1, -0.05) is 25.1 Å². The van der Waals surface area contributed by atoms with Gasteiger partial charge in [0.1, 0.15) is 5.75 Å². The van der Waals surface area contributed by atoms with Gasteiger partial charge in [0, 0.05) is 5.69 Å². The van der Waals surface area contributed by atoms with Crippen LogP contribution in [0.2, 0.25) is 0 Å². The van der Waals surface area contributed by atoms with E-state index < -0.39 is 6.10 Å². The fourth-order valence-corrected chi connectivity index (χ4v) is 2.43. The van der Waals surface area contributed by atoms with Crippen LogP contribution in [0.15, 0.2) is 36.4 Å². The molecule has 122 valence electrons. The van der Waals surface area contributed by atoms with Crippen LogP contribution in [-0.4, -0.2) is 12.0 Å². The second-order valence-electron chi connectivity index (χ2n) is 6.00. The Hall–Kier alpha value is -2.29. The minimum atomic E-state index is -0.555. The van der Waals surface area contributed by atoms with Gasteiger partial charge in [0.2, 0.25) is 0 Å². The van der Waals surface area contributed by atoms with Crippen LogP contribution in [0.5, 0.6) is 5.75 Å². The standard InChI is InChI=1S/C20H25NO2/c1-6-17-7-9-18(10-8-17)21-20(22)16(5)23-19-12-13(2)11-14(3)15(19)4/h7-12,16H,6H2,1-5H3,(H,21,22)/t16-/m1/s1. The van der Waals surface area contributed by atoms with Crippen molar-refractivity contribution in [1.82, 2.24) is 0 Å². The van der Waals surface area contributed by atoms with E-state index >= 15 is 0 Å². The number of rotatable bonds is 5. The molecular formula is C20H25NO2. The van der Waals surface area contributed by atoms with Crippen LogP contribution < -0.4 is 10.1 Å². The van der Waals surface area contributed by atoms with E-state index in [0.29, 0.717) is 0 Å². The molecule has 0 aliphatic carbocycles. The third-order valence-corrected chi connectivity index (χ3v) is 4.07. The highest BCUT2D eigenvalue weighted by molar-refractivity contribution is 5.94. The van der Waals surface area contributed by atoms with E-state index in [9.17, 15) is 4.79 Å². The summed E-state index contributed by atoms with van der Waals surface area (Å²) in [7, 11) is 0. The first-order chi connectivity index (χ1) is 10.9. The van der Waals surface area contributed by atoms with E-state index in [1.165, 1.54) is 11.1 Å². The SMILES string of the molecule is CCc1ccc(NC(=O)[C@@H](C)Oc2cc(C)cc(C)c2C)cc1. The van der Waals surface area contributed by atoms with Crippen LogP contribution >= 0.6 is 0 Å². The van der Waals surface area contributed by atoms with E-state index in [1.54, 1.807) is 6.92 Å². The summed E-state index contributed by atoms with van der Waals surface area (Å²) in [4.78, 5) is 12.3. The number of benzene rings is 2. The largest absolute Gasteiger partial charge is 0.481 e. The molecule has 0 heterocycles. The fourth-order valence-electron chi connectivity index (χ4n) is 2.43. The van der Waals surface area contributed by atoms with E-state index in [4.69, 9.17) is 4.74 Å². The predicted molar refractivity (Wildman–Crippen MR) is 95.2 cm³/mol. The van der Waals surface area contributed by atoms with Gasteiger partial charge in [-0.3, -0.25) is 4.79 Å². The lowest BCUT2D eigenvalue weighted by Gasteiger charge is -2.18. The molecule has 2 rings (SSSR count). The normalized spacial score (nSPS) is 11.9. The fraction of sp³-hybridized carbons (Fsp3) is 0.350. The van der Waals surface area contributed by atoms with Crippen molar-refractivity contribution in [3.8, 4) is 5.75 Å². The molecule has 1 N–H and O–H groups in total. The van der Waals surface area contributed by atoms with Gasteiger partial charge in [0.05, 0.1) is 0 Å². The molecule has 3 nitrogen and oxygen atoms in total. The summed E-state index contributed by atoms with van der Waals surface area (Å²) < 4.78 is 5.87. The molecule has 2 aromatic rings. The van der Waals surface area contributed by atoms with Crippen molar-refractivity contribution in [2.24, 2.45) is 0 Å². The van der Waals surface area contributed by atoms with Crippen molar-refractivity contribution in [2.75, 3.05) is 5.32 Å². The number of aryl methyl sites for hydroxylation is 3. The molecule has 0 aliphatic rings. The molecule has 3 heteroatoms. The van der Waals surface area contributed by atoms with E-state index in [0.717, 1.165) is 29.0 Å². The monoisotopic (exact) mass is 311 g/mol. The average molecular weight is 311 g/mol. The first-order valence-corrected chi connectivity index (χ1v) is 8.05. The predicted octanol–water partition coefficient (Wildman–Crippen LogP) is 4.58. The molecule has 0 saturated carbocycles. The van der Waals surface area contributed by atoms with Gasteiger partial charge in [-0.25, -0.2) is 0 Å². The highest BCUT2D eigenvalue weighted by Gasteiger charge is 2.16. The van der Waals surface area contributed by atoms with Gasteiger partial charge in [0.25, 0.3) is 5.91 Å². The van der Waals surface area contributed by atoms with E-state index in [1.807, 2.05) is 44.2 Å². The van der Waals surface area contributed by atoms with Gasteiger partial charge in [-0.15, -0.1) is 0 Å². The second kappa shape index (κ2) is 7.32. The van der Waals surface area contributed by atoms with E-state index in [-0.39, 0.29) is 5.91 Å². The Morgan fingerprint density at radius 1 is 1.13 bits per heavy atom. The summed E-state index contributed by atoms with van der Waals surface area (Å²) in [6, 6.07) is 12.0. The second-order valence-corrected chi connectivity index (χ2v) is 6.00. The minimum absolute atomic E-state index is 0.146. The number of hydrogen-bond donors (Lipinski definition) is 1. The Balaban J connectivity index is 2.05. The number of carbonyl (C=O) groups is 1. The number of amides is 1. The van der Waals surface area contributed by atoms with Crippen LogP contribution in [0, 0.1) is 20.8 Å². The summed E-state index contributed by atoms with van der Waals surface area (Å²) in [5.74, 6) is 0.624. The van der Waals surface area contributed by atoms with Crippen molar-refractivity contribution in [3.63, 3.8) is 0 Å². The Bertz CT molecular complexity index is 690. The maximum atomic E-state index is 12.3. The van der Waals surface area contributed by atoms with Gasteiger partial charge in [-0.05, 0) is 74.6 Å². The number of hydrogen-bond acceptors (Lipinski definition) is 2. The molecule has 23 heavy (non-hydrogen) atoms. The quantitative estimate of drug-likeness (QED) is 0.877. The van der Waals surface area contributed by atoms with Crippen LogP contribution in [-0.2, 0) is 11.2 Å². The molecule has 0 fully saturated rings. The third-order valence-electron chi connectivity index (χ3n) is 4.07. The average Bonchev–Trinajstić information content (AvgIpc) is 2.52. The van der Waals surface area contributed by atoms with Crippen LogP contribution in [0.1, 0.15) is 36.1 Å². The molecule has 1 amide bonds. The lowest BCUT2D eigenvalue weighted by Crippen LogP contribution is -2.30. The summed E-state index contributed by atoms with van der Waals surface area (Å²) in [5, 5.41) is 2.90. The lowest BCUT2D eigenvalue weighted by atomic mass is 10.1. The maximum Gasteiger partial charge on any atom is 0.265 e. The minimum Gasteiger partial charge on any atom is -0.481 e. The van der Waals surface area contributed by atoms with Crippen molar-refractivity contribution < 1.29 is 9.53 Å². The molecule has 0 spiro atoms. The number of anilines is 1. The Morgan fingerprint density at radius 3 is 2.39 bits per heavy atom. The Morgan fingerprint density at radius 2 is 1.78 bits per heavy atom. The zero-order chi connectivity index (χ0) is 17.0. The molecular weight excluding hydrogens is 286 g/mol. The molecule has 2 aromatic carbocycles. The van der Waals surface area contributed by atoms with Crippen molar-refractivity contribution >= 4 is 11.6 Å². The molecule has 1 atom stereocenters. The van der Waals surface area contributed by atoms with E-state index in [2.05, 4.69) is 25.2 Å². The first-order valence-electron chi connectivity index (χ1n) is 8.05. The summed E-state index contributed by atoms with van der Waals surface area (Å²) in [5.41, 5.74) is 5.41. The van der Waals surface area contributed by atoms with Gasteiger partial charge in [-0.2, -0.15) is 0 Å². The summed E-state index contributed by atoms with van der Waals surface area (Å²) in [6.07, 6.45) is 0.431. The summed E-state index contributed by atoms with van der Waals surface area (Å²) in [6.45, 7) is 9.97. The van der Waals surface area contributed by atoms with Crippen LogP contribution in [0.3, 0.4) is 0 Å². The van der Waals surface area contributed by atoms with Crippen molar-refractivity contribution in [2.45, 2.75) is 47.1 Å².